The van der Waals surface area contributed by atoms with Crippen molar-refractivity contribution < 1.29 is 4.74 Å². The average molecular weight is 240 g/mol. The lowest BCUT2D eigenvalue weighted by Crippen LogP contribution is -2.49. The minimum Gasteiger partial charge on any atom is -0.380 e. The third-order valence-electron chi connectivity index (χ3n) is 4.03. The van der Waals surface area contributed by atoms with E-state index in [1.165, 1.54) is 58.2 Å². The third-order valence-corrected chi connectivity index (χ3v) is 4.03. The fourth-order valence-electron chi connectivity index (χ4n) is 3.08. The Morgan fingerprint density at radius 1 is 1.24 bits per heavy atom. The van der Waals surface area contributed by atoms with Crippen molar-refractivity contribution in [1.29, 1.82) is 0 Å². The van der Waals surface area contributed by atoms with Gasteiger partial charge in [0.2, 0.25) is 0 Å². The monoisotopic (exact) mass is 240 g/mol. The van der Waals surface area contributed by atoms with Gasteiger partial charge in [-0.1, -0.05) is 13.3 Å². The minimum atomic E-state index is 0.674. The molecule has 2 unspecified atom stereocenters. The quantitative estimate of drug-likeness (QED) is 0.795. The Hall–Kier alpha value is -0.120. The molecule has 3 heteroatoms. The van der Waals surface area contributed by atoms with E-state index in [-0.39, 0.29) is 0 Å². The second-order valence-electron chi connectivity index (χ2n) is 5.51. The summed E-state index contributed by atoms with van der Waals surface area (Å²) in [5.74, 6) is 0. The first kappa shape index (κ1) is 13.3. The Balaban J connectivity index is 1.81. The molecule has 0 aliphatic carbocycles. The molecule has 2 aliphatic heterocycles. The summed E-state index contributed by atoms with van der Waals surface area (Å²) >= 11 is 0. The predicted molar refractivity (Wildman–Crippen MR) is 71.3 cm³/mol. The highest BCUT2D eigenvalue weighted by Gasteiger charge is 2.24. The summed E-state index contributed by atoms with van der Waals surface area (Å²) < 4.78 is 5.64. The smallest absolute Gasteiger partial charge is 0.0621 e. The van der Waals surface area contributed by atoms with Gasteiger partial charge in [-0.15, -0.1) is 0 Å². The maximum atomic E-state index is 5.64. The van der Waals surface area contributed by atoms with Crippen LogP contribution in [0.3, 0.4) is 0 Å². The van der Waals surface area contributed by atoms with Crippen molar-refractivity contribution in [1.82, 2.24) is 10.2 Å². The number of piperidine rings is 1. The summed E-state index contributed by atoms with van der Waals surface area (Å²) in [5.41, 5.74) is 0. The van der Waals surface area contributed by atoms with Gasteiger partial charge in [0.15, 0.2) is 0 Å². The van der Waals surface area contributed by atoms with E-state index >= 15 is 0 Å². The molecule has 0 spiro atoms. The van der Waals surface area contributed by atoms with E-state index in [4.69, 9.17) is 4.74 Å². The van der Waals surface area contributed by atoms with Gasteiger partial charge < -0.3 is 10.1 Å². The molecular weight excluding hydrogens is 212 g/mol. The van der Waals surface area contributed by atoms with Gasteiger partial charge in [0, 0.05) is 25.2 Å². The van der Waals surface area contributed by atoms with E-state index in [1.54, 1.807) is 0 Å². The van der Waals surface area contributed by atoms with Crippen LogP contribution >= 0.6 is 0 Å². The molecule has 2 atom stereocenters. The summed E-state index contributed by atoms with van der Waals surface area (Å²) in [6, 6.07) is 1.39. The van der Waals surface area contributed by atoms with E-state index in [2.05, 4.69) is 17.1 Å². The second kappa shape index (κ2) is 7.34. The van der Waals surface area contributed by atoms with Crippen LogP contribution in [-0.4, -0.2) is 49.8 Å². The Kier molecular flexibility index (Phi) is 5.75. The summed E-state index contributed by atoms with van der Waals surface area (Å²) in [5, 5.41) is 3.66. The number of nitrogens with one attached hydrogen (secondary N) is 1. The van der Waals surface area contributed by atoms with Crippen molar-refractivity contribution in [3.8, 4) is 0 Å². The fourth-order valence-corrected chi connectivity index (χ4v) is 3.08. The van der Waals surface area contributed by atoms with Gasteiger partial charge in [0.05, 0.1) is 6.61 Å². The van der Waals surface area contributed by atoms with Crippen molar-refractivity contribution in [2.24, 2.45) is 0 Å². The molecule has 1 N–H and O–H groups in total. The van der Waals surface area contributed by atoms with Crippen molar-refractivity contribution >= 4 is 0 Å². The molecule has 0 radical (unpaired) electrons. The van der Waals surface area contributed by atoms with Gasteiger partial charge in [0.25, 0.3) is 0 Å². The number of rotatable bonds is 5. The maximum absolute atomic E-state index is 5.64. The molecule has 100 valence electrons. The highest BCUT2D eigenvalue weighted by Crippen LogP contribution is 2.16. The van der Waals surface area contributed by atoms with Crippen LogP contribution < -0.4 is 5.32 Å². The molecule has 17 heavy (non-hydrogen) atoms. The zero-order valence-electron chi connectivity index (χ0n) is 11.3. The zero-order chi connectivity index (χ0) is 11.9. The Morgan fingerprint density at radius 2 is 2.18 bits per heavy atom. The standard InChI is InChI=1S/C14H28N2O/c1-2-9-16(14-7-5-10-17-12-14)11-13-6-3-4-8-15-13/h13-15H,2-12H2,1H3. The topological polar surface area (TPSA) is 24.5 Å². The van der Waals surface area contributed by atoms with Crippen LogP contribution in [0, 0.1) is 0 Å². The normalized spacial score (nSPS) is 30.7. The van der Waals surface area contributed by atoms with Gasteiger partial charge in [-0.05, 0) is 45.2 Å². The highest BCUT2D eigenvalue weighted by atomic mass is 16.5. The maximum Gasteiger partial charge on any atom is 0.0621 e. The van der Waals surface area contributed by atoms with E-state index < -0.39 is 0 Å². The largest absolute Gasteiger partial charge is 0.380 e. The molecule has 2 heterocycles. The van der Waals surface area contributed by atoms with Crippen LogP contribution in [0.5, 0.6) is 0 Å². The first-order chi connectivity index (χ1) is 8.40. The molecule has 2 fully saturated rings. The minimum absolute atomic E-state index is 0.674. The van der Waals surface area contributed by atoms with Gasteiger partial charge in [-0.3, -0.25) is 4.90 Å². The Morgan fingerprint density at radius 3 is 2.82 bits per heavy atom. The first-order valence-electron chi connectivity index (χ1n) is 7.45. The Bertz CT molecular complexity index is 198. The van der Waals surface area contributed by atoms with E-state index in [0.29, 0.717) is 6.04 Å². The lowest BCUT2D eigenvalue weighted by molar-refractivity contribution is 0.0132. The second-order valence-corrected chi connectivity index (χ2v) is 5.51. The zero-order valence-corrected chi connectivity index (χ0v) is 11.3. The van der Waals surface area contributed by atoms with Gasteiger partial charge in [-0.25, -0.2) is 0 Å². The van der Waals surface area contributed by atoms with Gasteiger partial charge in [-0.2, -0.15) is 0 Å². The van der Waals surface area contributed by atoms with Crippen molar-refractivity contribution in [3.63, 3.8) is 0 Å². The number of hydrogen-bond acceptors (Lipinski definition) is 3. The van der Waals surface area contributed by atoms with Gasteiger partial charge in [0.1, 0.15) is 0 Å². The van der Waals surface area contributed by atoms with Crippen LogP contribution in [0.15, 0.2) is 0 Å². The summed E-state index contributed by atoms with van der Waals surface area (Å²) in [4.78, 5) is 2.67. The molecule has 3 nitrogen and oxygen atoms in total. The molecule has 2 saturated heterocycles. The molecule has 2 aliphatic rings. The highest BCUT2D eigenvalue weighted by molar-refractivity contribution is 4.81. The summed E-state index contributed by atoms with van der Waals surface area (Å²) in [6.07, 6.45) is 7.93. The number of nitrogens with zero attached hydrogens (tertiary/aromatic N) is 1. The van der Waals surface area contributed by atoms with Crippen LogP contribution in [-0.2, 0) is 4.74 Å². The lowest BCUT2D eigenvalue weighted by Gasteiger charge is -2.37. The fraction of sp³-hybridized carbons (Fsp3) is 1.00. The van der Waals surface area contributed by atoms with E-state index in [0.717, 1.165) is 19.3 Å². The van der Waals surface area contributed by atoms with Crippen molar-refractivity contribution in [3.05, 3.63) is 0 Å². The van der Waals surface area contributed by atoms with Crippen molar-refractivity contribution in [2.45, 2.75) is 57.5 Å². The molecule has 0 amide bonds. The predicted octanol–water partition coefficient (Wildman–Crippen LogP) is 2.02. The first-order valence-corrected chi connectivity index (χ1v) is 7.45. The number of ether oxygens (including phenoxy) is 1. The average Bonchev–Trinajstić information content (AvgIpc) is 2.40. The SMILES string of the molecule is CCCN(CC1CCCCN1)C1CCCOC1. The number of hydrogen-bond donors (Lipinski definition) is 1. The molecular formula is C14H28N2O. The molecule has 0 saturated carbocycles. The lowest BCUT2D eigenvalue weighted by atomic mass is 10.0. The molecule has 0 aromatic heterocycles. The van der Waals surface area contributed by atoms with Crippen molar-refractivity contribution in [2.75, 3.05) is 32.8 Å². The Labute approximate surface area is 106 Å². The van der Waals surface area contributed by atoms with E-state index in [9.17, 15) is 0 Å². The summed E-state index contributed by atoms with van der Waals surface area (Å²) in [6.45, 7) is 7.87. The van der Waals surface area contributed by atoms with Crippen LogP contribution in [0.2, 0.25) is 0 Å². The summed E-state index contributed by atoms with van der Waals surface area (Å²) in [7, 11) is 0. The van der Waals surface area contributed by atoms with Crippen LogP contribution in [0.25, 0.3) is 0 Å². The van der Waals surface area contributed by atoms with Gasteiger partial charge >= 0.3 is 0 Å². The van der Waals surface area contributed by atoms with E-state index in [1.807, 2.05) is 0 Å². The van der Waals surface area contributed by atoms with Crippen LogP contribution in [0.4, 0.5) is 0 Å². The van der Waals surface area contributed by atoms with Crippen LogP contribution in [0.1, 0.15) is 45.4 Å². The molecule has 2 rings (SSSR count). The molecule has 0 bridgehead atoms. The molecule has 0 aromatic carbocycles. The molecule has 0 aromatic rings. The third kappa shape index (κ3) is 4.23.